The van der Waals surface area contributed by atoms with Crippen molar-refractivity contribution < 1.29 is 17.5 Å². The molecule has 0 heterocycles. The van der Waals surface area contributed by atoms with Crippen LogP contribution in [-0.2, 0) is 10.0 Å². The minimum Gasteiger partial charge on any atom is -0.490 e. The van der Waals surface area contributed by atoms with E-state index < -0.39 is 15.8 Å². The van der Waals surface area contributed by atoms with Crippen LogP contribution >= 0.6 is 0 Å². The summed E-state index contributed by atoms with van der Waals surface area (Å²) in [5.74, 6) is -0.266. The number of benzene rings is 2. The van der Waals surface area contributed by atoms with Crippen LogP contribution < -0.4 is 9.46 Å². The fraction of sp³-hybridized carbons (Fsp3) is 0.176. The zero-order valence-corrected chi connectivity index (χ0v) is 13.3. The summed E-state index contributed by atoms with van der Waals surface area (Å²) in [6.45, 7) is 0.446. The van der Waals surface area contributed by atoms with Gasteiger partial charge in [0.1, 0.15) is 0 Å². The number of rotatable bonds is 8. The van der Waals surface area contributed by atoms with Gasteiger partial charge >= 0.3 is 0 Å². The van der Waals surface area contributed by atoms with Crippen molar-refractivity contribution in [2.24, 2.45) is 0 Å². The van der Waals surface area contributed by atoms with Gasteiger partial charge in [0.2, 0.25) is 10.0 Å². The van der Waals surface area contributed by atoms with E-state index in [1.807, 2.05) is 30.3 Å². The first-order valence-corrected chi connectivity index (χ1v) is 8.71. The molecule has 2 aromatic carbocycles. The maximum absolute atomic E-state index is 13.3. The molecule has 0 saturated heterocycles. The second kappa shape index (κ2) is 8.45. The third-order valence-electron chi connectivity index (χ3n) is 2.96. The molecule has 0 aromatic heterocycles. The van der Waals surface area contributed by atoms with Crippen LogP contribution in [0, 0.1) is 5.82 Å². The van der Waals surface area contributed by atoms with Crippen molar-refractivity contribution in [1.29, 1.82) is 0 Å². The molecule has 2 rings (SSSR count). The Morgan fingerprint density at radius 1 is 1.04 bits per heavy atom. The second-order valence-electron chi connectivity index (χ2n) is 4.79. The molecule has 0 spiro atoms. The predicted molar refractivity (Wildman–Crippen MR) is 88.9 cm³/mol. The van der Waals surface area contributed by atoms with Gasteiger partial charge in [-0.1, -0.05) is 42.5 Å². The minimum atomic E-state index is -3.49. The van der Waals surface area contributed by atoms with E-state index in [1.54, 1.807) is 12.1 Å². The highest BCUT2D eigenvalue weighted by atomic mass is 32.2. The first-order valence-electron chi connectivity index (χ1n) is 7.17. The standard InChI is InChI=1S/C17H18FNO3S/c18-16-9-4-5-10-17(16)22-13-6-12-19-23(20,21)14-11-15-7-2-1-3-8-15/h1-5,7-11,14,19H,6,12-13H2/b14-11+. The smallest absolute Gasteiger partial charge is 0.233 e. The van der Waals surface area contributed by atoms with Crippen LogP contribution in [0.15, 0.2) is 60.0 Å². The number of hydrogen-bond acceptors (Lipinski definition) is 3. The van der Waals surface area contributed by atoms with Crippen LogP contribution in [0.25, 0.3) is 6.08 Å². The van der Waals surface area contributed by atoms with Gasteiger partial charge in [0.15, 0.2) is 11.6 Å². The van der Waals surface area contributed by atoms with Crippen molar-refractivity contribution in [3.63, 3.8) is 0 Å². The molecule has 0 amide bonds. The average molecular weight is 335 g/mol. The van der Waals surface area contributed by atoms with Crippen molar-refractivity contribution in [3.8, 4) is 5.75 Å². The maximum atomic E-state index is 13.3. The molecule has 1 N–H and O–H groups in total. The molecule has 0 unspecified atom stereocenters. The average Bonchev–Trinajstić information content (AvgIpc) is 2.55. The molecular formula is C17H18FNO3S. The predicted octanol–water partition coefficient (Wildman–Crippen LogP) is 3.18. The number of nitrogens with one attached hydrogen (secondary N) is 1. The Labute approximate surface area is 135 Å². The molecule has 23 heavy (non-hydrogen) atoms. The molecule has 0 saturated carbocycles. The van der Waals surface area contributed by atoms with Crippen molar-refractivity contribution in [2.45, 2.75) is 6.42 Å². The topological polar surface area (TPSA) is 55.4 Å². The van der Waals surface area contributed by atoms with Crippen molar-refractivity contribution >= 4 is 16.1 Å². The third-order valence-corrected chi connectivity index (χ3v) is 4.06. The third kappa shape index (κ3) is 6.22. The molecule has 6 heteroatoms. The summed E-state index contributed by atoms with van der Waals surface area (Å²) in [4.78, 5) is 0. The highest BCUT2D eigenvalue weighted by Gasteiger charge is 2.05. The molecule has 0 bridgehead atoms. The molecule has 0 aliphatic carbocycles. The summed E-state index contributed by atoms with van der Waals surface area (Å²) in [5, 5.41) is 1.13. The van der Waals surface area contributed by atoms with E-state index in [9.17, 15) is 12.8 Å². The highest BCUT2D eigenvalue weighted by molar-refractivity contribution is 7.92. The Morgan fingerprint density at radius 3 is 2.48 bits per heavy atom. The molecule has 0 fully saturated rings. The fourth-order valence-corrected chi connectivity index (χ4v) is 2.67. The van der Waals surface area contributed by atoms with Crippen LogP contribution in [0.1, 0.15) is 12.0 Å². The highest BCUT2D eigenvalue weighted by Crippen LogP contribution is 2.15. The fourth-order valence-electron chi connectivity index (χ4n) is 1.81. The normalized spacial score (nSPS) is 11.7. The van der Waals surface area contributed by atoms with E-state index >= 15 is 0 Å². The van der Waals surface area contributed by atoms with Crippen LogP contribution in [0.3, 0.4) is 0 Å². The van der Waals surface area contributed by atoms with Gasteiger partial charge in [-0.25, -0.2) is 17.5 Å². The number of ether oxygens (including phenoxy) is 1. The van der Waals surface area contributed by atoms with Gasteiger partial charge in [-0.3, -0.25) is 0 Å². The van der Waals surface area contributed by atoms with E-state index in [4.69, 9.17) is 4.74 Å². The van der Waals surface area contributed by atoms with Gasteiger partial charge in [-0.2, -0.15) is 0 Å². The van der Waals surface area contributed by atoms with E-state index in [0.29, 0.717) is 6.42 Å². The van der Waals surface area contributed by atoms with Crippen LogP contribution in [0.4, 0.5) is 4.39 Å². The van der Waals surface area contributed by atoms with E-state index in [2.05, 4.69) is 4.72 Å². The summed E-state index contributed by atoms with van der Waals surface area (Å²) in [6, 6.07) is 15.3. The van der Waals surface area contributed by atoms with Crippen LogP contribution in [0.5, 0.6) is 5.75 Å². The lowest BCUT2D eigenvalue weighted by Gasteiger charge is -2.07. The second-order valence-corrected chi connectivity index (χ2v) is 6.44. The van der Waals surface area contributed by atoms with Crippen molar-refractivity contribution in [2.75, 3.05) is 13.2 Å². The molecule has 0 aliphatic heterocycles. The molecule has 122 valence electrons. The van der Waals surface area contributed by atoms with Crippen molar-refractivity contribution in [1.82, 2.24) is 4.72 Å². The summed E-state index contributed by atoms with van der Waals surface area (Å²) < 4.78 is 44.6. The lowest BCUT2D eigenvalue weighted by atomic mass is 10.2. The van der Waals surface area contributed by atoms with E-state index in [0.717, 1.165) is 11.0 Å². The lowest BCUT2D eigenvalue weighted by molar-refractivity contribution is 0.296. The van der Waals surface area contributed by atoms with Gasteiger partial charge < -0.3 is 4.74 Å². The van der Waals surface area contributed by atoms with Gasteiger partial charge in [-0.05, 0) is 30.2 Å². The quantitative estimate of drug-likeness (QED) is 0.754. The molecule has 0 atom stereocenters. The molecular weight excluding hydrogens is 317 g/mol. The van der Waals surface area contributed by atoms with Crippen LogP contribution in [-0.4, -0.2) is 21.6 Å². The van der Waals surface area contributed by atoms with Gasteiger partial charge in [0.25, 0.3) is 0 Å². The first-order chi connectivity index (χ1) is 11.1. The lowest BCUT2D eigenvalue weighted by Crippen LogP contribution is -2.23. The summed E-state index contributed by atoms with van der Waals surface area (Å²) in [7, 11) is -3.49. The summed E-state index contributed by atoms with van der Waals surface area (Å²) in [5.41, 5.74) is 0.806. The molecule has 2 aromatic rings. The van der Waals surface area contributed by atoms with Crippen LogP contribution in [0.2, 0.25) is 0 Å². The minimum absolute atomic E-state index is 0.166. The zero-order valence-electron chi connectivity index (χ0n) is 12.5. The Morgan fingerprint density at radius 2 is 1.74 bits per heavy atom. The Balaban J connectivity index is 1.73. The zero-order chi connectivity index (χ0) is 16.5. The number of para-hydroxylation sites is 1. The Bertz CT molecular complexity index is 745. The SMILES string of the molecule is O=S(=O)(/C=C/c1ccccc1)NCCCOc1ccccc1F. The molecule has 0 aliphatic rings. The first kappa shape index (κ1) is 17.2. The van der Waals surface area contributed by atoms with E-state index in [1.165, 1.54) is 18.2 Å². The summed E-state index contributed by atoms with van der Waals surface area (Å²) >= 11 is 0. The number of hydrogen-bond donors (Lipinski definition) is 1. The van der Waals surface area contributed by atoms with Gasteiger partial charge in [0, 0.05) is 12.0 Å². The molecule has 4 nitrogen and oxygen atoms in total. The summed E-state index contributed by atoms with van der Waals surface area (Å²) in [6.07, 6.45) is 1.96. The molecule has 0 radical (unpaired) electrons. The van der Waals surface area contributed by atoms with Crippen molar-refractivity contribution in [3.05, 3.63) is 71.4 Å². The van der Waals surface area contributed by atoms with Gasteiger partial charge in [-0.15, -0.1) is 0 Å². The maximum Gasteiger partial charge on any atom is 0.233 e. The largest absolute Gasteiger partial charge is 0.490 e. The number of halogens is 1. The number of sulfonamides is 1. The van der Waals surface area contributed by atoms with E-state index in [-0.39, 0.29) is 18.9 Å². The Hall–Kier alpha value is -2.18. The Kier molecular flexibility index (Phi) is 6.31. The monoisotopic (exact) mass is 335 g/mol. The van der Waals surface area contributed by atoms with Gasteiger partial charge in [0.05, 0.1) is 6.61 Å².